The summed E-state index contributed by atoms with van der Waals surface area (Å²) in [4.78, 5) is 0.189. The second-order valence-electron chi connectivity index (χ2n) is 4.83. The molecular formula is C13H14N2O4S. The molecule has 1 unspecified atom stereocenters. The average molecular weight is 294 g/mol. The van der Waals surface area contributed by atoms with Crippen molar-refractivity contribution in [2.24, 2.45) is 0 Å². The zero-order chi connectivity index (χ0) is 14.3. The molecular weight excluding hydrogens is 280 g/mol. The zero-order valence-electron chi connectivity index (χ0n) is 11.1. The molecule has 0 aliphatic carbocycles. The number of ether oxygens (including phenoxy) is 1. The van der Waals surface area contributed by atoms with E-state index in [1.807, 2.05) is 6.92 Å². The van der Waals surface area contributed by atoms with E-state index in [0.717, 1.165) is 11.3 Å². The number of fused-ring (bicyclic) bond motifs is 1. The Balaban J connectivity index is 1.90. The van der Waals surface area contributed by atoms with Crippen molar-refractivity contribution in [3.05, 3.63) is 35.6 Å². The van der Waals surface area contributed by atoms with E-state index >= 15 is 0 Å². The summed E-state index contributed by atoms with van der Waals surface area (Å²) < 4.78 is 37.3. The summed E-state index contributed by atoms with van der Waals surface area (Å²) >= 11 is 0. The second-order valence-corrected chi connectivity index (χ2v) is 6.51. The normalized spacial score (nSPS) is 17.6. The van der Waals surface area contributed by atoms with Crippen molar-refractivity contribution >= 4 is 15.8 Å². The van der Waals surface area contributed by atoms with Crippen LogP contribution >= 0.6 is 0 Å². The van der Waals surface area contributed by atoms with Crippen molar-refractivity contribution in [1.82, 2.24) is 5.16 Å². The molecule has 1 N–H and O–H groups in total. The average Bonchev–Trinajstić information content (AvgIpc) is 2.92. The molecule has 3 rings (SSSR count). The third-order valence-electron chi connectivity index (χ3n) is 3.04. The van der Waals surface area contributed by atoms with Crippen molar-refractivity contribution in [2.75, 3.05) is 4.72 Å². The topological polar surface area (TPSA) is 81.4 Å². The van der Waals surface area contributed by atoms with Crippen LogP contribution in [0.4, 0.5) is 5.82 Å². The van der Waals surface area contributed by atoms with Gasteiger partial charge in [-0.05, 0) is 37.6 Å². The maximum absolute atomic E-state index is 12.3. The highest BCUT2D eigenvalue weighted by Crippen LogP contribution is 2.31. The molecule has 2 aromatic rings. The number of anilines is 1. The summed E-state index contributed by atoms with van der Waals surface area (Å²) in [5, 5.41) is 3.62. The number of rotatable bonds is 3. The predicted octanol–water partition coefficient (Wildman–Crippen LogP) is 2.11. The van der Waals surface area contributed by atoms with Gasteiger partial charge in [0.25, 0.3) is 10.0 Å². The van der Waals surface area contributed by atoms with Crippen LogP contribution in [0.25, 0.3) is 0 Å². The molecule has 1 aromatic heterocycles. The minimum Gasteiger partial charge on any atom is -0.490 e. The highest BCUT2D eigenvalue weighted by Gasteiger charge is 2.23. The smallest absolute Gasteiger partial charge is 0.263 e. The summed E-state index contributed by atoms with van der Waals surface area (Å²) in [6.45, 7) is 3.64. The van der Waals surface area contributed by atoms with Crippen LogP contribution in [0.3, 0.4) is 0 Å². The standard InChI is InChI=1S/C13H14N2O4S/c1-8-5-10-7-11(3-4-12(10)18-8)20(16,17)15-13-6-9(2)19-14-13/h3-4,6-8H,5H2,1-2H3,(H,14,15). The maximum atomic E-state index is 12.3. The summed E-state index contributed by atoms with van der Waals surface area (Å²) in [7, 11) is -3.67. The molecule has 0 bridgehead atoms. The van der Waals surface area contributed by atoms with E-state index in [1.54, 1.807) is 19.1 Å². The highest BCUT2D eigenvalue weighted by molar-refractivity contribution is 7.92. The fourth-order valence-electron chi connectivity index (χ4n) is 2.18. The van der Waals surface area contributed by atoms with Crippen LogP contribution in [0.2, 0.25) is 0 Å². The Kier molecular flexibility index (Phi) is 2.93. The Bertz CT molecular complexity index is 751. The van der Waals surface area contributed by atoms with Gasteiger partial charge in [-0.25, -0.2) is 8.42 Å². The van der Waals surface area contributed by atoms with E-state index in [4.69, 9.17) is 9.26 Å². The number of nitrogens with one attached hydrogen (secondary N) is 1. The molecule has 1 aromatic carbocycles. The first-order valence-corrected chi connectivity index (χ1v) is 7.68. The Morgan fingerprint density at radius 2 is 2.15 bits per heavy atom. The van der Waals surface area contributed by atoms with Crippen molar-refractivity contribution in [3.8, 4) is 5.75 Å². The van der Waals surface area contributed by atoms with Gasteiger partial charge in [0.2, 0.25) is 0 Å². The lowest BCUT2D eigenvalue weighted by Crippen LogP contribution is -2.13. The molecule has 20 heavy (non-hydrogen) atoms. The molecule has 6 nitrogen and oxygen atoms in total. The monoisotopic (exact) mass is 294 g/mol. The van der Waals surface area contributed by atoms with Crippen LogP contribution in [0.15, 0.2) is 33.7 Å². The Labute approximate surface area is 116 Å². The van der Waals surface area contributed by atoms with Gasteiger partial charge in [0.15, 0.2) is 5.82 Å². The van der Waals surface area contributed by atoms with Gasteiger partial charge in [-0.1, -0.05) is 5.16 Å². The second kappa shape index (κ2) is 4.52. The summed E-state index contributed by atoms with van der Waals surface area (Å²) in [5.41, 5.74) is 0.900. The van der Waals surface area contributed by atoms with Gasteiger partial charge in [0, 0.05) is 12.5 Å². The van der Waals surface area contributed by atoms with Crippen LogP contribution < -0.4 is 9.46 Å². The molecule has 1 aliphatic rings. The summed E-state index contributed by atoms with van der Waals surface area (Å²) in [6.07, 6.45) is 0.788. The molecule has 1 aliphatic heterocycles. The molecule has 0 fully saturated rings. The quantitative estimate of drug-likeness (QED) is 0.937. The van der Waals surface area contributed by atoms with Crippen LogP contribution in [0, 0.1) is 6.92 Å². The first kappa shape index (κ1) is 13.0. The van der Waals surface area contributed by atoms with E-state index in [0.29, 0.717) is 12.2 Å². The van der Waals surface area contributed by atoms with Gasteiger partial charge in [-0.15, -0.1) is 0 Å². The minimum atomic E-state index is -3.67. The molecule has 2 heterocycles. The number of benzene rings is 1. The number of nitrogens with zero attached hydrogens (tertiary/aromatic N) is 1. The number of hydrogen-bond donors (Lipinski definition) is 1. The van der Waals surface area contributed by atoms with E-state index in [-0.39, 0.29) is 16.8 Å². The molecule has 0 saturated carbocycles. The molecule has 7 heteroatoms. The zero-order valence-corrected chi connectivity index (χ0v) is 11.9. The van der Waals surface area contributed by atoms with E-state index in [1.165, 1.54) is 12.1 Å². The number of hydrogen-bond acceptors (Lipinski definition) is 5. The van der Waals surface area contributed by atoms with Gasteiger partial charge >= 0.3 is 0 Å². The van der Waals surface area contributed by atoms with E-state index in [9.17, 15) is 8.42 Å². The number of sulfonamides is 1. The lowest BCUT2D eigenvalue weighted by atomic mass is 10.1. The van der Waals surface area contributed by atoms with Crippen LogP contribution in [-0.4, -0.2) is 19.7 Å². The lowest BCUT2D eigenvalue weighted by molar-refractivity contribution is 0.254. The van der Waals surface area contributed by atoms with Crippen LogP contribution in [0.5, 0.6) is 5.75 Å². The SMILES string of the molecule is Cc1cc(NS(=O)(=O)c2ccc3c(c2)CC(C)O3)no1. The van der Waals surface area contributed by atoms with Crippen LogP contribution in [-0.2, 0) is 16.4 Å². The molecule has 0 radical (unpaired) electrons. The van der Waals surface area contributed by atoms with E-state index in [2.05, 4.69) is 9.88 Å². The maximum Gasteiger partial charge on any atom is 0.263 e. The third kappa shape index (κ3) is 2.36. The fourth-order valence-corrected chi connectivity index (χ4v) is 3.21. The number of aromatic nitrogens is 1. The molecule has 0 amide bonds. The number of aryl methyl sites for hydroxylation is 1. The Morgan fingerprint density at radius 1 is 1.35 bits per heavy atom. The van der Waals surface area contributed by atoms with Gasteiger partial charge < -0.3 is 9.26 Å². The van der Waals surface area contributed by atoms with Gasteiger partial charge in [-0.2, -0.15) is 0 Å². The Hall–Kier alpha value is -2.02. The fraction of sp³-hybridized carbons (Fsp3) is 0.308. The lowest BCUT2D eigenvalue weighted by Gasteiger charge is -2.06. The summed E-state index contributed by atoms with van der Waals surface area (Å²) in [5.74, 6) is 1.46. The van der Waals surface area contributed by atoms with Crippen molar-refractivity contribution in [2.45, 2.75) is 31.3 Å². The molecule has 0 saturated heterocycles. The van der Waals surface area contributed by atoms with Gasteiger partial charge in [0.05, 0.1) is 4.90 Å². The third-order valence-corrected chi connectivity index (χ3v) is 4.40. The van der Waals surface area contributed by atoms with Crippen molar-refractivity contribution in [3.63, 3.8) is 0 Å². The Morgan fingerprint density at radius 3 is 2.85 bits per heavy atom. The molecule has 106 valence electrons. The minimum absolute atomic E-state index is 0.0779. The molecule has 1 atom stereocenters. The highest BCUT2D eigenvalue weighted by atomic mass is 32.2. The predicted molar refractivity (Wildman–Crippen MR) is 72.3 cm³/mol. The summed E-state index contributed by atoms with van der Waals surface area (Å²) in [6, 6.07) is 6.36. The van der Waals surface area contributed by atoms with Crippen LogP contribution in [0.1, 0.15) is 18.2 Å². The van der Waals surface area contributed by atoms with Crippen molar-refractivity contribution in [1.29, 1.82) is 0 Å². The molecule has 0 spiro atoms. The van der Waals surface area contributed by atoms with Gasteiger partial charge in [0.1, 0.15) is 17.6 Å². The van der Waals surface area contributed by atoms with E-state index < -0.39 is 10.0 Å². The van der Waals surface area contributed by atoms with Crippen molar-refractivity contribution < 1.29 is 17.7 Å². The first-order chi connectivity index (χ1) is 9.44. The first-order valence-electron chi connectivity index (χ1n) is 6.20. The largest absolute Gasteiger partial charge is 0.490 e. The van der Waals surface area contributed by atoms with Gasteiger partial charge in [-0.3, -0.25) is 4.72 Å².